The van der Waals surface area contributed by atoms with Gasteiger partial charge in [0.25, 0.3) is 0 Å². The lowest BCUT2D eigenvalue weighted by Gasteiger charge is -2.05. The second-order valence-electron chi connectivity index (χ2n) is 3.20. The number of carbonyl (C=O) groups is 1. The minimum absolute atomic E-state index is 0.269. The molecule has 16 heavy (non-hydrogen) atoms. The van der Waals surface area contributed by atoms with Crippen LogP contribution in [0.25, 0.3) is 0 Å². The fraction of sp³-hybridized carbons (Fsp3) is 0.600. The van der Waals surface area contributed by atoms with Crippen LogP contribution in [0.4, 0.5) is 0 Å². The predicted molar refractivity (Wildman–Crippen MR) is 61.6 cm³/mol. The molecule has 1 aromatic rings. The van der Waals surface area contributed by atoms with Gasteiger partial charge in [0.15, 0.2) is 5.69 Å². The highest BCUT2D eigenvalue weighted by Crippen LogP contribution is 2.20. The van der Waals surface area contributed by atoms with E-state index >= 15 is 0 Å². The first-order valence-corrected chi connectivity index (χ1v) is 6.02. The molecule has 0 aliphatic carbocycles. The van der Waals surface area contributed by atoms with Crippen LogP contribution in [0.15, 0.2) is 5.38 Å². The van der Waals surface area contributed by atoms with Gasteiger partial charge in [-0.15, -0.1) is 11.3 Å². The summed E-state index contributed by atoms with van der Waals surface area (Å²) in [5.41, 5.74) is 0.269. The highest BCUT2D eigenvalue weighted by atomic mass is 32.1. The van der Waals surface area contributed by atoms with Crippen LogP contribution in [-0.4, -0.2) is 36.3 Å². The highest BCUT2D eigenvalue weighted by molar-refractivity contribution is 7.09. The van der Waals surface area contributed by atoms with E-state index in [2.05, 4.69) is 10.3 Å². The van der Waals surface area contributed by atoms with Gasteiger partial charge < -0.3 is 15.2 Å². The minimum atomic E-state index is -0.624. The summed E-state index contributed by atoms with van der Waals surface area (Å²) >= 11 is 1.27. The van der Waals surface area contributed by atoms with Crippen molar-refractivity contribution in [1.29, 1.82) is 0 Å². The molecule has 1 rings (SSSR count). The quantitative estimate of drug-likeness (QED) is 0.729. The normalized spacial score (nSPS) is 12.4. The Morgan fingerprint density at radius 2 is 2.50 bits per heavy atom. The SMILES string of the molecule is CCOC(=O)c1csc([C@H](O)CCNC)n1. The summed E-state index contributed by atoms with van der Waals surface area (Å²) in [6.45, 7) is 2.77. The molecular weight excluding hydrogens is 228 g/mol. The lowest BCUT2D eigenvalue weighted by Crippen LogP contribution is -2.12. The van der Waals surface area contributed by atoms with Gasteiger partial charge in [-0.2, -0.15) is 0 Å². The molecule has 0 bridgehead atoms. The number of ether oxygens (including phenoxy) is 1. The fourth-order valence-corrected chi connectivity index (χ4v) is 1.95. The van der Waals surface area contributed by atoms with Crippen LogP contribution >= 0.6 is 11.3 Å². The van der Waals surface area contributed by atoms with Crippen LogP contribution in [0.3, 0.4) is 0 Å². The van der Waals surface area contributed by atoms with E-state index in [1.165, 1.54) is 11.3 Å². The molecule has 0 spiro atoms. The van der Waals surface area contributed by atoms with Crippen LogP contribution in [0.2, 0.25) is 0 Å². The Bertz CT molecular complexity index is 341. The smallest absolute Gasteiger partial charge is 0.357 e. The van der Waals surface area contributed by atoms with Crippen LogP contribution < -0.4 is 5.32 Å². The molecule has 0 radical (unpaired) electrons. The molecule has 6 heteroatoms. The van der Waals surface area contributed by atoms with E-state index in [4.69, 9.17) is 4.74 Å². The Kier molecular flexibility index (Phi) is 5.37. The first-order valence-electron chi connectivity index (χ1n) is 5.14. The molecule has 0 saturated carbocycles. The Morgan fingerprint density at radius 3 is 3.12 bits per heavy atom. The fourth-order valence-electron chi connectivity index (χ4n) is 1.14. The molecule has 0 saturated heterocycles. The Labute approximate surface area is 98.5 Å². The van der Waals surface area contributed by atoms with Gasteiger partial charge in [0, 0.05) is 5.38 Å². The molecule has 0 unspecified atom stereocenters. The topological polar surface area (TPSA) is 71.5 Å². The number of nitrogens with zero attached hydrogens (tertiary/aromatic N) is 1. The molecule has 1 heterocycles. The van der Waals surface area contributed by atoms with E-state index in [0.29, 0.717) is 24.6 Å². The van der Waals surface area contributed by atoms with E-state index in [9.17, 15) is 9.90 Å². The number of nitrogens with one attached hydrogen (secondary N) is 1. The molecule has 0 fully saturated rings. The first-order chi connectivity index (χ1) is 7.69. The van der Waals surface area contributed by atoms with Gasteiger partial charge in [0.05, 0.1) is 6.61 Å². The maximum atomic E-state index is 11.3. The van der Waals surface area contributed by atoms with Gasteiger partial charge in [-0.05, 0) is 26.9 Å². The van der Waals surface area contributed by atoms with E-state index in [1.807, 2.05) is 7.05 Å². The highest BCUT2D eigenvalue weighted by Gasteiger charge is 2.16. The molecule has 0 aliphatic rings. The van der Waals surface area contributed by atoms with Crippen LogP contribution in [0.5, 0.6) is 0 Å². The van der Waals surface area contributed by atoms with Crippen molar-refractivity contribution in [2.75, 3.05) is 20.2 Å². The maximum absolute atomic E-state index is 11.3. The van der Waals surface area contributed by atoms with E-state index in [1.54, 1.807) is 12.3 Å². The molecule has 0 aliphatic heterocycles. The lowest BCUT2D eigenvalue weighted by atomic mass is 10.2. The van der Waals surface area contributed by atoms with Gasteiger partial charge in [-0.25, -0.2) is 9.78 Å². The molecule has 0 amide bonds. The Morgan fingerprint density at radius 1 is 1.75 bits per heavy atom. The van der Waals surface area contributed by atoms with Crippen LogP contribution in [0.1, 0.15) is 34.9 Å². The molecule has 2 N–H and O–H groups in total. The van der Waals surface area contributed by atoms with Crippen molar-refractivity contribution in [2.24, 2.45) is 0 Å². The summed E-state index contributed by atoms with van der Waals surface area (Å²) in [6.07, 6.45) is -0.0487. The number of hydrogen-bond acceptors (Lipinski definition) is 6. The standard InChI is InChI=1S/C10H16N2O3S/c1-3-15-10(14)7-6-16-9(12-7)8(13)4-5-11-2/h6,8,11,13H,3-5H2,1-2H3/t8-/m1/s1. The van der Waals surface area contributed by atoms with Crippen molar-refractivity contribution in [1.82, 2.24) is 10.3 Å². The second kappa shape index (κ2) is 6.57. The number of thiazole rings is 1. The number of aromatic nitrogens is 1. The van der Waals surface area contributed by atoms with Crippen molar-refractivity contribution >= 4 is 17.3 Å². The molecule has 5 nitrogen and oxygen atoms in total. The molecular formula is C10H16N2O3S. The number of esters is 1. The summed E-state index contributed by atoms with van der Waals surface area (Å²) in [4.78, 5) is 15.4. The number of rotatable bonds is 6. The van der Waals surface area contributed by atoms with Crippen LogP contribution in [-0.2, 0) is 4.74 Å². The van der Waals surface area contributed by atoms with Gasteiger partial charge in [0.2, 0.25) is 0 Å². The van der Waals surface area contributed by atoms with Crippen molar-refractivity contribution in [3.63, 3.8) is 0 Å². The molecule has 90 valence electrons. The largest absolute Gasteiger partial charge is 0.461 e. The van der Waals surface area contributed by atoms with Crippen molar-refractivity contribution in [3.05, 3.63) is 16.1 Å². The first kappa shape index (κ1) is 13.1. The van der Waals surface area contributed by atoms with Gasteiger partial charge in [-0.3, -0.25) is 0 Å². The number of aliphatic hydroxyl groups is 1. The Hall–Kier alpha value is -0.980. The average Bonchev–Trinajstić information content (AvgIpc) is 2.75. The zero-order valence-corrected chi connectivity index (χ0v) is 10.2. The summed E-state index contributed by atoms with van der Waals surface area (Å²) in [6, 6.07) is 0. The van der Waals surface area contributed by atoms with Crippen molar-refractivity contribution in [2.45, 2.75) is 19.4 Å². The third-order valence-corrected chi connectivity index (χ3v) is 2.91. The van der Waals surface area contributed by atoms with E-state index < -0.39 is 12.1 Å². The third-order valence-electron chi connectivity index (χ3n) is 1.96. The summed E-state index contributed by atoms with van der Waals surface area (Å²) in [5.74, 6) is -0.439. The Balaban J connectivity index is 2.59. The van der Waals surface area contributed by atoms with Gasteiger partial charge in [0.1, 0.15) is 11.1 Å². The number of hydrogen-bond donors (Lipinski definition) is 2. The van der Waals surface area contributed by atoms with Gasteiger partial charge >= 0.3 is 5.97 Å². The molecule has 1 atom stereocenters. The lowest BCUT2D eigenvalue weighted by molar-refractivity contribution is 0.0519. The van der Waals surface area contributed by atoms with Crippen molar-refractivity contribution < 1.29 is 14.6 Å². The van der Waals surface area contributed by atoms with Crippen LogP contribution in [0, 0.1) is 0 Å². The average molecular weight is 244 g/mol. The molecule has 1 aromatic heterocycles. The monoisotopic (exact) mass is 244 g/mol. The third kappa shape index (κ3) is 3.55. The number of aliphatic hydroxyl groups excluding tert-OH is 1. The predicted octanol–water partition coefficient (Wildman–Crippen LogP) is 0.963. The summed E-state index contributed by atoms with van der Waals surface area (Å²) in [5, 5.41) is 14.8. The second-order valence-corrected chi connectivity index (χ2v) is 4.09. The van der Waals surface area contributed by atoms with Gasteiger partial charge in [-0.1, -0.05) is 0 Å². The van der Waals surface area contributed by atoms with E-state index in [-0.39, 0.29) is 5.69 Å². The number of carbonyl (C=O) groups excluding carboxylic acids is 1. The minimum Gasteiger partial charge on any atom is -0.461 e. The molecule has 0 aromatic carbocycles. The summed E-state index contributed by atoms with van der Waals surface area (Å²) in [7, 11) is 1.82. The zero-order valence-electron chi connectivity index (χ0n) is 9.40. The zero-order chi connectivity index (χ0) is 12.0. The maximum Gasteiger partial charge on any atom is 0.357 e. The summed E-state index contributed by atoms with van der Waals surface area (Å²) < 4.78 is 4.81. The van der Waals surface area contributed by atoms with Crippen molar-refractivity contribution in [3.8, 4) is 0 Å². The van der Waals surface area contributed by atoms with E-state index in [0.717, 1.165) is 0 Å².